The van der Waals surface area contributed by atoms with E-state index >= 15 is 0 Å². The molecule has 1 fully saturated rings. The van der Waals surface area contributed by atoms with Crippen LogP contribution in [0.25, 0.3) is 6.08 Å². The van der Waals surface area contributed by atoms with Gasteiger partial charge >= 0.3 is 0 Å². The van der Waals surface area contributed by atoms with Crippen LogP contribution >= 0.6 is 0 Å². The van der Waals surface area contributed by atoms with Crippen LogP contribution in [0.1, 0.15) is 18.4 Å². The molecule has 0 unspecified atom stereocenters. The molecule has 0 saturated carbocycles. The quantitative estimate of drug-likeness (QED) is 0.496. The molecule has 0 bridgehead atoms. The van der Waals surface area contributed by atoms with E-state index in [1.165, 1.54) is 10.4 Å². The van der Waals surface area contributed by atoms with E-state index in [0.29, 0.717) is 36.9 Å². The zero-order valence-corrected chi connectivity index (χ0v) is 17.8. The van der Waals surface area contributed by atoms with Crippen molar-refractivity contribution in [2.24, 2.45) is 0 Å². The number of nitrogens with zero attached hydrogens (tertiary/aromatic N) is 1. The fraction of sp³-hybridized carbons (Fsp3) is 0.318. The van der Waals surface area contributed by atoms with E-state index < -0.39 is 10.0 Å². The Kier molecular flexibility index (Phi) is 6.43. The molecule has 0 radical (unpaired) electrons. The van der Waals surface area contributed by atoms with Gasteiger partial charge in [0.2, 0.25) is 22.7 Å². The van der Waals surface area contributed by atoms with Gasteiger partial charge < -0.3 is 19.5 Å². The van der Waals surface area contributed by atoms with Crippen molar-refractivity contribution in [3.05, 3.63) is 54.1 Å². The van der Waals surface area contributed by atoms with Crippen LogP contribution in [0.4, 0.5) is 0 Å². The van der Waals surface area contributed by atoms with Crippen LogP contribution < -0.4 is 19.5 Å². The van der Waals surface area contributed by atoms with Crippen molar-refractivity contribution < 1.29 is 27.4 Å². The average Bonchev–Trinajstić information content (AvgIpc) is 3.48. The Morgan fingerprint density at radius 2 is 1.81 bits per heavy atom. The van der Waals surface area contributed by atoms with Gasteiger partial charge in [0.15, 0.2) is 11.5 Å². The number of fused-ring (bicyclic) bond motifs is 1. The van der Waals surface area contributed by atoms with Gasteiger partial charge in [-0.15, -0.1) is 0 Å². The van der Waals surface area contributed by atoms with Crippen molar-refractivity contribution in [1.29, 1.82) is 0 Å². The lowest BCUT2D eigenvalue weighted by Gasteiger charge is -2.15. The highest BCUT2D eigenvalue weighted by atomic mass is 32.2. The summed E-state index contributed by atoms with van der Waals surface area (Å²) in [4.78, 5) is 12.2. The van der Waals surface area contributed by atoms with Crippen LogP contribution in [0, 0.1) is 0 Å². The summed E-state index contributed by atoms with van der Waals surface area (Å²) >= 11 is 0. The molecule has 0 aromatic heterocycles. The molecule has 2 heterocycles. The molecule has 4 rings (SSSR count). The first-order chi connectivity index (χ1) is 15.0. The number of ether oxygens (including phenoxy) is 3. The van der Waals surface area contributed by atoms with Crippen molar-refractivity contribution in [1.82, 2.24) is 9.62 Å². The van der Waals surface area contributed by atoms with Gasteiger partial charge in [0.05, 0.1) is 11.4 Å². The van der Waals surface area contributed by atoms with Crippen molar-refractivity contribution in [2.45, 2.75) is 17.7 Å². The smallest absolute Gasteiger partial charge is 0.244 e. The number of hydrogen-bond donors (Lipinski definition) is 1. The second-order valence-corrected chi connectivity index (χ2v) is 9.11. The number of hydrogen-bond acceptors (Lipinski definition) is 6. The number of amides is 1. The molecule has 0 aliphatic carbocycles. The Balaban J connectivity index is 1.21. The summed E-state index contributed by atoms with van der Waals surface area (Å²) in [5, 5.41) is 2.74. The number of carbonyl (C=O) groups excluding carboxylic acids is 1. The highest BCUT2D eigenvalue weighted by Crippen LogP contribution is 2.32. The third-order valence-corrected chi connectivity index (χ3v) is 6.93. The van der Waals surface area contributed by atoms with Gasteiger partial charge in [-0.25, -0.2) is 8.42 Å². The Morgan fingerprint density at radius 3 is 2.58 bits per heavy atom. The maximum atomic E-state index is 12.5. The molecular formula is C22H24N2O6S. The van der Waals surface area contributed by atoms with E-state index in [1.54, 1.807) is 36.4 Å². The summed E-state index contributed by atoms with van der Waals surface area (Å²) in [5.74, 6) is 1.66. The Labute approximate surface area is 181 Å². The zero-order chi connectivity index (χ0) is 21.7. The Hall–Kier alpha value is -3.04. The minimum Gasteiger partial charge on any atom is -0.492 e. The summed E-state index contributed by atoms with van der Waals surface area (Å²) in [7, 11) is -3.43. The van der Waals surface area contributed by atoms with E-state index in [9.17, 15) is 13.2 Å². The van der Waals surface area contributed by atoms with Crippen molar-refractivity contribution >= 4 is 22.0 Å². The zero-order valence-electron chi connectivity index (χ0n) is 17.0. The normalized spacial score (nSPS) is 16.0. The van der Waals surface area contributed by atoms with Gasteiger partial charge in [-0.1, -0.05) is 6.07 Å². The fourth-order valence-corrected chi connectivity index (χ4v) is 4.89. The van der Waals surface area contributed by atoms with Gasteiger partial charge in [0.25, 0.3) is 0 Å². The maximum Gasteiger partial charge on any atom is 0.244 e. The van der Waals surface area contributed by atoms with E-state index in [4.69, 9.17) is 14.2 Å². The predicted octanol–water partition coefficient (Wildman–Crippen LogP) is 2.41. The van der Waals surface area contributed by atoms with Gasteiger partial charge in [-0.3, -0.25) is 4.79 Å². The second-order valence-electron chi connectivity index (χ2n) is 7.17. The third kappa shape index (κ3) is 5.18. The van der Waals surface area contributed by atoms with Gasteiger partial charge in [0.1, 0.15) is 12.4 Å². The summed E-state index contributed by atoms with van der Waals surface area (Å²) in [6, 6.07) is 11.8. The molecule has 1 N–H and O–H groups in total. The summed E-state index contributed by atoms with van der Waals surface area (Å²) in [6.07, 6.45) is 4.93. The molecule has 2 aromatic rings. The highest BCUT2D eigenvalue weighted by molar-refractivity contribution is 7.89. The molecule has 0 atom stereocenters. The lowest BCUT2D eigenvalue weighted by Crippen LogP contribution is -2.27. The molecule has 9 heteroatoms. The van der Waals surface area contributed by atoms with Crippen LogP contribution in [-0.2, 0) is 14.8 Å². The van der Waals surface area contributed by atoms with Crippen LogP contribution in [0.15, 0.2) is 53.4 Å². The van der Waals surface area contributed by atoms with Crippen LogP contribution in [0.2, 0.25) is 0 Å². The molecular weight excluding hydrogens is 420 g/mol. The average molecular weight is 445 g/mol. The first kappa shape index (κ1) is 21.2. The van der Waals surface area contributed by atoms with Crippen LogP contribution in [0.5, 0.6) is 17.2 Å². The molecule has 2 aliphatic rings. The van der Waals surface area contributed by atoms with Gasteiger partial charge in [-0.2, -0.15) is 4.31 Å². The maximum absolute atomic E-state index is 12.5. The molecule has 31 heavy (non-hydrogen) atoms. The SMILES string of the molecule is O=C(/C=C/c1ccc2c(c1)OCO2)NCCOc1ccc(S(=O)(=O)N2CCCC2)cc1. The lowest BCUT2D eigenvalue weighted by molar-refractivity contribution is -0.116. The molecule has 0 spiro atoms. The monoisotopic (exact) mass is 444 g/mol. The first-order valence-corrected chi connectivity index (χ1v) is 11.5. The minimum atomic E-state index is -3.43. The van der Waals surface area contributed by atoms with Gasteiger partial charge in [-0.05, 0) is 60.9 Å². The second kappa shape index (κ2) is 9.40. The summed E-state index contributed by atoms with van der Waals surface area (Å²) < 4.78 is 42.7. The number of carbonyl (C=O) groups is 1. The molecule has 164 valence electrons. The number of benzene rings is 2. The fourth-order valence-electron chi connectivity index (χ4n) is 3.38. The Bertz CT molecular complexity index is 1060. The van der Waals surface area contributed by atoms with Crippen LogP contribution in [-0.4, -0.2) is 51.7 Å². The third-order valence-electron chi connectivity index (χ3n) is 5.02. The van der Waals surface area contributed by atoms with E-state index in [-0.39, 0.29) is 24.2 Å². The lowest BCUT2D eigenvalue weighted by atomic mass is 10.2. The molecule has 1 amide bonds. The predicted molar refractivity (Wildman–Crippen MR) is 115 cm³/mol. The van der Waals surface area contributed by atoms with E-state index in [0.717, 1.165) is 18.4 Å². The first-order valence-electron chi connectivity index (χ1n) is 10.1. The largest absolute Gasteiger partial charge is 0.492 e. The van der Waals surface area contributed by atoms with E-state index in [1.807, 2.05) is 12.1 Å². The molecule has 1 saturated heterocycles. The minimum absolute atomic E-state index is 0.208. The molecule has 2 aliphatic heterocycles. The van der Waals surface area contributed by atoms with Gasteiger partial charge in [0, 0.05) is 19.2 Å². The number of rotatable bonds is 8. The van der Waals surface area contributed by atoms with Crippen molar-refractivity contribution in [2.75, 3.05) is 33.0 Å². The molecule has 2 aromatic carbocycles. The highest BCUT2D eigenvalue weighted by Gasteiger charge is 2.26. The standard InChI is InChI=1S/C22H24N2O6S/c25-22(10-4-17-3-9-20-21(15-17)30-16-29-20)23-11-14-28-18-5-7-19(8-6-18)31(26,27)24-12-1-2-13-24/h3-10,15H,1-2,11-14,16H2,(H,23,25)/b10-4+. The Morgan fingerprint density at radius 1 is 1.06 bits per heavy atom. The summed E-state index contributed by atoms with van der Waals surface area (Å²) in [5.41, 5.74) is 0.833. The topological polar surface area (TPSA) is 94.2 Å². The molecule has 8 nitrogen and oxygen atoms in total. The van der Waals surface area contributed by atoms with Crippen molar-refractivity contribution in [3.63, 3.8) is 0 Å². The van der Waals surface area contributed by atoms with Crippen LogP contribution in [0.3, 0.4) is 0 Å². The number of nitrogens with one attached hydrogen (secondary N) is 1. The van der Waals surface area contributed by atoms with E-state index in [2.05, 4.69) is 5.32 Å². The summed E-state index contributed by atoms with van der Waals surface area (Å²) in [6.45, 7) is 1.94. The number of sulfonamides is 1. The van der Waals surface area contributed by atoms with Crippen molar-refractivity contribution in [3.8, 4) is 17.2 Å².